The van der Waals surface area contributed by atoms with Crippen LogP contribution < -0.4 is 0 Å². The number of hydrogen-bond donors (Lipinski definition) is 4. The summed E-state index contributed by atoms with van der Waals surface area (Å²) in [6.07, 6.45) is 72.5. The first-order valence-electron chi connectivity index (χ1n) is 33.8. The van der Waals surface area contributed by atoms with Gasteiger partial charge in [-0.05, 0) is 128 Å². The molecule has 0 bridgehead atoms. The second-order valence-electron chi connectivity index (χ2n) is 22.2. The molecule has 0 aromatic rings. The lowest BCUT2D eigenvalue weighted by Crippen LogP contribution is -2.30. The second-order valence-corrected chi connectivity index (χ2v) is 25.1. The number of hydrogen-bond acceptors (Lipinski definition) is 14. The van der Waals surface area contributed by atoms with E-state index < -0.39 is 91.5 Å². The Kier molecular flexibility index (Phi) is 61.2. The first-order chi connectivity index (χ1) is 43.2. The Balaban J connectivity index is 4.63. The van der Waals surface area contributed by atoms with Crippen molar-refractivity contribution in [2.24, 2.45) is 0 Å². The Hall–Kier alpha value is -4.05. The number of phosphoric ester groups is 2. The summed E-state index contributed by atoms with van der Waals surface area (Å²) in [4.78, 5) is 58.3. The topological polar surface area (TPSA) is 231 Å². The Morgan fingerprint density at radius 1 is 0.326 bits per heavy atom. The predicted molar refractivity (Wildman–Crippen MR) is 362 cm³/mol. The van der Waals surface area contributed by atoms with E-state index in [1.54, 1.807) is 0 Å². The van der Waals surface area contributed by atoms with Crippen LogP contribution in [-0.2, 0) is 55.8 Å². The molecule has 18 heteroatoms. The Morgan fingerprint density at radius 3 is 0.955 bits per heavy atom. The molecule has 0 rings (SSSR count). The fourth-order valence-corrected chi connectivity index (χ4v) is 10.1. The molecule has 0 aromatic heterocycles. The van der Waals surface area contributed by atoms with Crippen LogP contribution in [-0.4, -0.2) is 95.9 Å². The summed E-state index contributed by atoms with van der Waals surface area (Å²) in [6, 6.07) is 0. The van der Waals surface area contributed by atoms with Gasteiger partial charge in [-0.1, -0.05) is 226 Å². The quantitative estimate of drug-likeness (QED) is 0.0146. The number of esters is 3. The lowest BCUT2D eigenvalue weighted by molar-refractivity contribution is -0.161. The molecule has 0 radical (unpaired) electrons. The van der Waals surface area contributed by atoms with Crippen LogP contribution in [0.15, 0.2) is 122 Å². The average molecular weight is 1290 g/mol. The number of allylic oxidation sites excluding steroid dienone is 20. The maximum absolute atomic E-state index is 12.9. The molecule has 89 heavy (non-hydrogen) atoms. The van der Waals surface area contributed by atoms with Gasteiger partial charge < -0.3 is 34.2 Å². The lowest BCUT2D eigenvalue weighted by Gasteiger charge is -2.21. The number of ether oxygens (including phenoxy) is 3. The third-order valence-electron chi connectivity index (χ3n) is 13.7. The molecule has 0 spiro atoms. The van der Waals surface area contributed by atoms with Crippen LogP contribution in [0.2, 0.25) is 0 Å². The SMILES string of the molecule is CC/C=C\C/C=C\C/C=C\C/C=C\C/C=C\CCCCCCCCCC(=O)OCC(O)COP(=O)(O)OCC(O)COP(=O)(O)OCC(COC(=O)CCCCCC/C=C\C/C=C\C/C=C\C/C=C\CC)OC(=O)CCCCCCC/C=C\CCCCCC. The minimum absolute atomic E-state index is 0.0862. The van der Waals surface area contributed by atoms with Crippen LogP contribution in [0, 0.1) is 0 Å². The molecule has 0 aliphatic rings. The summed E-state index contributed by atoms with van der Waals surface area (Å²) < 4.78 is 60.8. The van der Waals surface area contributed by atoms with E-state index in [9.17, 15) is 43.5 Å². The zero-order chi connectivity index (χ0) is 65.3. The van der Waals surface area contributed by atoms with Gasteiger partial charge in [0.2, 0.25) is 0 Å². The molecule has 0 heterocycles. The van der Waals surface area contributed by atoms with Crippen LogP contribution in [0.3, 0.4) is 0 Å². The maximum atomic E-state index is 12.9. The maximum Gasteiger partial charge on any atom is 0.472 e. The van der Waals surface area contributed by atoms with Gasteiger partial charge >= 0.3 is 33.6 Å². The number of unbranched alkanes of at least 4 members (excludes halogenated alkanes) is 20. The number of carbonyl (C=O) groups excluding carboxylic acids is 3. The first kappa shape index (κ1) is 85.0. The van der Waals surface area contributed by atoms with Crippen LogP contribution >= 0.6 is 15.6 Å². The Labute approximate surface area is 538 Å². The summed E-state index contributed by atoms with van der Waals surface area (Å²) in [5.74, 6) is -1.63. The molecule has 0 aromatic carbocycles. The Bertz CT molecular complexity index is 2110. The van der Waals surface area contributed by atoms with Crippen molar-refractivity contribution in [2.45, 2.75) is 270 Å². The number of aliphatic hydroxyl groups excluding tert-OH is 2. The Morgan fingerprint density at radius 2 is 0.596 bits per heavy atom. The van der Waals surface area contributed by atoms with Crippen molar-refractivity contribution < 1.29 is 75.8 Å². The summed E-state index contributed by atoms with van der Waals surface area (Å²) in [6.45, 7) is 2.36. The molecule has 0 saturated carbocycles. The summed E-state index contributed by atoms with van der Waals surface area (Å²) >= 11 is 0. The third-order valence-corrected chi connectivity index (χ3v) is 15.6. The van der Waals surface area contributed by atoms with Gasteiger partial charge in [-0.3, -0.25) is 32.5 Å². The smallest absolute Gasteiger partial charge is 0.463 e. The molecule has 0 saturated heterocycles. The van der Waals surface area contributed by atoms with Gasteiger partial charge in [-0.2, -0.15) is 0 Å². The van der Waals surface area contributed by atoms with Crippen molar-refractivity contribution in [3.8, 4) is 0 Å². The molecular weight excluding hydrogens is 1170 g/mol. The molecule has 0 fully saturated rings. The van der Waals surface area contributed by atoms with Crippen molar-refractivity contribution >= 4 is 33.6 Å². The van der Waals surface area contributed by atoms with Gasteiger partial charge in [0.1, 0.15) is 25.4 Å². The average Bonchev–Trinajstić information content (AvgIpc) is 3.72. The van der Waals surface area contributed by atoms with Gasteiger partial charge in [0.15, 0.2) is 6.10 Å². The van der Waals surface area contributed by atoms with E-state index in [0.29, 0.717) is 19.3 Å². The van der Waals surface area contributed by atoms with Gasteiger partial charge in [0, 0.05) is 19.3 Å². The predicted octanol–water partition coefficient (Wildman–Crippen LogP) is 18.6. The lowest BCUT2D eigenvalue weighted by atomic mass is 10.1. The van der Waals surface area contributed by atoms with Crippen molar-refractivity contribution in [3.63, 3.8) is 0 Å². The largest absolute Gasteiger partial charge is 0.472 e. The zero-order valence-corrected chi connectivity index (χ0v) is 56.8. The second kappa shape index (κ2) is 64.1. The fraction of sp³-hybridized carbons (Fsp3) is 0.676. The molecule has 510 valence electrons. The molecule has 0 amide bonds. The van der Waals surface area contributed by atoms with Crippen molar-refractivity contribution in [1.29, 1.82) is 0 Å². The van der Waals surface area contributed by atoms with Crippen molar-refractivity contribution in [2.75, 3.05) is 39.6 Å². The standard InChI is InChI=1S/C71H120O16P2/c1-4-7-10-13-16-19-22-25-27-29-30-31-32-33-34-36-38-40-42-45-48-51-54-57-69(74)81-60-66(72)61-83-88(77,78)84-62-67(73)63-85-89(79,80)86-65-68(87-71(76)59-56-53-50-47-44-39-24-21-18-15-12-9-6-3)64-82-70(75)58-55-52-49-46-43-41-37-35-28-26-23-20-17-14-11-8-5-2/h7-8,10-11,16-17,19-21,24-28,30-31,33-34,37,41,66-68,72-73H,4-6,9,12-15,18,22-23,29,32,35-36,38-40,42-65H2,1-3H3,(H,77,78)(H,79,80)/b10-7-,11-8-,19-16-,20-17-,24-21-,27-25-,28-26-,31-30-,34-33-,41-37-. The highest BCUT2D eigenvalue weighted by molar-refractivity contribution is 7.47. The summed E-state index contributed by atoms with van der Waals surface area (Å²) in [5.41, 5.74) is 0. The highest BCUT2D eigenvalue weighted by Crippen LogP contribution is 2.45. The highest BCUT2D eigenvalue weighted by Gasteiger charge is 2.29. The number of phosphoric acid groups is 2. The summed E-state index contributed by atoms with van der Waals surface area (Å²) in [7, 11) is -9.79. The highest BCUT2D eigenvalue weighted by atomic mass is 31.2. The first-order valence-corrected chi connectivity index (χ1v) is 36.8. The van der Waals surface area contributed by atoms with Crippen LogP contribution in [0.25, 0.3) is 0 Å². The van der Waals surface area contributed by atoms with E-state index in [1.165, 1.54) is 25.7 Å². The van der Waals surface area contributed by atoms with E-state index in [4.69, 9.17) is 32.3 Å². The van der Waals surface area contributed by atoms with Crippen LogP contribution in [0.5, 0.6) is 0 Å². The molecule has 5 unspecified atom stereocenters. The zero-order valence-electron chi connectivity index (χ0n) is 55.1. The van der Waals surface area contributed by atoms with E-state index >= 15 is 0 Å². The molecule has 0 aliphatic carbocycles. The van der Waals surface area contributed by atoms with E-state index in [0.717, 1.165) is 167 Å². The molecule has 5 atom stereocenters. The van der Waals surface area contributed by atoms with E-state index in [-0.39, 0.29) is 19.3 Å². The molecule has 0 aliphatic heterocycles. The van der Waals surface area contributed by atoms with Gasteiger partial charge in [0.05, 0.1) is 26.4 Å². The monoisotopic (exact) mass is 1290 g/mol. The van der Waals surface area contributed by atoms with E-state index in [1.807, 2.05) is 0 Å². The molecular formula is C71H120O16P2. The van der Waals surface area contributed by atoms with Crippen molar-refractivity contribution in [3.05, 3.63) is 122 Å². The fourth-order valence-electron chi connectivity index (χ4n) is 8.52. The van der Waals surface area contributed by atoms with Crippen LogP contribution in [0.1, 0.15) is 252 Å². The number of carbonyl (C=O) groups is 3. The van der Waals surface area contributed by atoms with Gasteiger partial charge in [0.25, 0.3) is 0 Å². The van der Waals surface area contributed by atoms with E-state index in [2.05, 4.69) is 142 Å². The third kappa shape index (κ3) is 65.3. The molecule has 4 N–H and O–H groups in total. The molecule has 16 nitrogen and oxygen atoms in total. The minimum atomic E-state index is -4.93. The normalized spacial score (nSPS) is 15.0. The van der Waals surface area contributed by atoms with Crippen molar-refractivity contribution in [1.82, 2.24) is 0 Å². The minimum Gasteiger partial charge on any atom is -0.463 e. The van der Waals surface area contributed by atoms with Gasteiger partial charge in [-0.15, -0.1) is 0 Å². The number of aliphatic hydroxyl groups is 2. The summed E-state index contributed by atoms with van der Waals surface area (Å²) in [5, 5.41) is 20.5. The number of rotatable bonds is 63. The van der Waals surface area contributed by atoms with Crippen LogP contribution in [0.4, 0.5) is 0 Å². The van der Waals surface area contributed by atoms with Gasteiger partial charge in [-0.25, -0.2) is 9.13 Å².